The number of esters is 1. The third-order valence-corrected chi connectivity index (χ3v) is 5.03. The van der Waals surface area contributed by atoms with E-state index in [2.05, 4.69) is 10.2 Å². The number of benzene rings is 2. The van der Waals surface area contributed by atoms with Crippen molar-refractivity contribution in [3.63, 3.8) is 0 Å². The van der Waals surface area contributed by atoms with Crippen molar-refractivity contribution in [1.82, 2.24) is 10.2 Å². The maximum atomic E-state index is 13.1. The Hall–Kier alpha value is -2.37. The zero-order valence-corrected chi connectivity index (χ0v) is 15.8. The van der Waals surface area contributed by atoms with Gasteiger partial charge in [0.15, 0.2) is 0 Å². The average Bonchev–Trinajstić information content (AvgIpc) is 2.68. The summed E-state index contributed by atoms with van der Waals surface area (Å²) >= 11 is 0. The summed E-state index contributed by atoms with van der Waals surface area (Å²) in [6.07, 6.45) is 0.571. The zero-order valence-electron chi connectivity index (χ0n) is 18.8. The molecule has 5 heteroatoms. The number of rotatable bonds is 6. The second-order valence-corrected chi connectivity index (χ2v) is 7.19. The Kier molecular flexibility index (Phi) is 4.96. The van der Waals surface area contributed by atoms with Crippen LogP contribution < -0.4 is 10.1 Å². The molecule has 1 N–H and O–H groups in total. The van der Waals surface area contributed by atoms with Crippen molar-refractivity contribution in [3.8, 4) is 5.75 Å². The molecule has 1 fully saturated rings. The van der Waals surface area contributed by atoms with Crippen molar-refractivity contribution < 1.29 is 18.4 Å². The van der Waals surface area contributed by atoms with E-state index in [0.29, 0.717) is 31.6 Å². The smallest absolute Gasteiger partial charge is 0.339 e. The van der Waals surface area contributed by atoms with Crippen LogP contribution in [0.3, 0.4) is 0 Å². The van der Waals surface area contributed by atoms with Crippen LogP contribution in [-0.4, -0.2) is 51.6 Å². The van der Waals surface area contributed by atoms with Gasteiger partial charge in [-0.25, -0.2) is 4.79 Å². The summed E-state index contributed by atoms with van der Waals surface area (Å²) < 4.78 is 33.6. The normalized spacial score (nSPS) is 24.6. The lowest BCUT2D eigenvalue weighted by molar-refractivity contribution is -0.0768. The summed E-state index contributed by atoms with van der Waals surface area (Å²) in [6, 6.07) is 15.8. The molecule has 0 amide bonds. The van der Waals surface area contributed by atoms with Crippen LogP contribution in [0.1, 0.15) is 26.5 Å². The van der Waals surface area contributed by atoms with Crippen LogP contribution in [0.15, 0.2) is 54.6 Å². The third-order valence-electron chi connectivity index (χ3n) is 5.03. The minimum Gasteiger partial charge on any atom is -0.497 e. The fraction of sp³-hybridized carbons (Fsp3) is 0.409. The van der Waals surface area contributed by atoms with Gasteiger partial charge in [-0.2, -0.15) is 0 Å². The Balaban J connectivity index is 2.03. The first kappa shape index (κ1) is 15.7. The molecule has 144 valence electrons. The second-order valence-electron chi connectivity index (χ2n) is 7.19. The third kappa shape index (κ3) is 4.31. The van der Waals surface area contributed by atoms with Gasteiger partial charge in [0.05, 0.1) is 16.7 Å². The Morgan fingerprint density at radius 1 is 1.26 bits per heavy atom. The van der Waals surface area contributed by atoms with Gasteiger partial charge in [0, 0.05) is 25.4 Å². The van der Waals surface area contributed by atoms with Crippen LogP contribution in [0.2, 0.25) is 0 Å². The summed E-state index contributed by atoms with van der Waals surface area (Å²) in [4.78, 5) is 15.1. The molecule has 0 bridgehead atoms. The second kappa shape index (κ2) is 8.55. The van der Waals surface area contributed by atoms with Crippen molar-refractivity contribution in [3.05, 3.63) is 65.7 Å². The molecule has 3 rings (SSSR count). The number of piperidine rings is 1. The first-order valence-corrected chi connectivity index (χ1v) is 9.13. The Bertz CT molecular complexity index is 858. The molecular weight excluding hydrogens is 340 g/mol. The summed E-state index contributed by atoms with van der Waals surface area (Å²) in [5.41, 5.74) is 0.312. The molecule has 0 spiro atoms. The van der Waals surface area contributed by atoms with Gasteiger partial charge < -0.3 is 19.7 Å². The Morgan fingerprint density at radius 3 is 2.81 bits per heavy atom. The van der Waals surface area contributed by atoms with Crippen LogP contribution in [0.5, 0.6) is 5.75 Å². The minimum atomic E-state index is -2.55. The van der Waals surface area contributed by atoms with E-state index in [0.717, 1.165) is 5.56 Å². The first-order valence-electron chi connectivity index (χ1n) is 10.6. The van der Waals surface area contributed by atoms with E-state index in [1.807, 2.05) is 26.2 Å². The van der Waals surface area contributed by atoms with Crippen molar-refractivity contribution in [2.24, 2.45) is 5.92 Å². The van der Waals surface area contributed by atoms with Crippen molar-refractivity contribution in [2.45, 2.75) is 12.0 Å². The van der Waals surface area contributed by atoms with E-state index >= 15 is 0 Å². The quantitative estimate of drug-likeness (QED) is 0.792. The Morgan fingerprint density at radius 2 is 2.07 bits per heavy atom. The van der Waals surface area contributed by atoms with E-state index in [4.69, 9.17) is 13.6 Å². The lowest BCUT2D eigenvalue weighted by Gasteiger charge is -2.45. The molecule has 1 heterocycles. The molecule has 0 radical (unpaired) electrons. The highest BCUT2D eigenvalue weighted by Gasteiger charge is 2.46. The number of nitrogens with one attached hydrogen (secondary N) is 1. The van der Waals surface area contributed by atoms with Gasteiger partial charge in [0.1, 0.15) is 11.4 Å². The number of hydrogen-bond donors (Lipinski definition) is 1. The fourth-order valence-electron chi connectivity index (χ4n) is 3.77. The van der Waals surface area contributed by atoms with Crippen LogP contribution >= 0.6 is 0 Å². The fourth-order valence-corrected chi connectivity index (χ4v) is 3.77. The van der Waals surface area contributed by atoms with Crippen LogP contribution in [0.4, 0.5) is 0 Å². The predicted octanol–water partition coefficient (Wildman–Crippen LogP) is 2.92. The molecule has 5 nitrogen and oxygen atoms in total. The molecule has 1 aliphatic rings. The molecule has 2 aromatic carbocycles. The molecule has 1 saturated heterocycles. The van der Waals surface area contributed by atoms with Gasteiger partial charge in [-0.05, 0) is 50.5 Å². The van der Waals surface area contributed by atoms with Gasteiger partial charge in [0.25, 0.3) is 0 Å². The molecule has 27 heavy (non-hydrogen) atoms. The topological polar surface area (TPSA) is 50.8 Å². The molecule has 0 aliphatic carbocycles. The lowest BCUT2D eigenvalue weighted by atomic mass is 9.75. The average molecular weight is 371 g/mol. The van der Waals surface area contributed by atoms with E-state index < -0.39 is 18.6 Å². The zero-order chi connectivity index (χ0) is 21.8. The number of nitrogens with zero attached hydrogens (tertiary/aromatic N) is 1. The number of carbonyl (C=O) groups excluding carboxylic acids is 1. The van der Waals surface area contributed by atoms with E-state index in [9.17, 15) is 4.79 Å². The lowest BCUT2D eigenvalue weighted by Crippen LogP contribution is -2.53. The highest BCUT2D eigenvalue weighted by molar-refractivity contribution is 5.89. The minimum absolute atomic E-state index is 0.0306. The number of carbonyl (C=O) groups is 1. The van der Waals surface area contributed by atoms with Crippen molar-refractivity contribution >= 4 is 5.97 Å². The summed E-state index contributed by atoms with van der Waals surface area (Å²) in [6.45, 7) is 2.04. The van der Waals surface area contributed by atoms with Crippen LogP contribution in [-0.2, 0) is 10.3 Å². The maximum absolute atomic E-state index is 13.1. The molecular formula is C22H28N2O3. The van der Waals surface area contributed by atoms with Crippen molar-refractivity contribution in [2.75, 3.05) is 40.8 Å². The highest BCUT2D eigenvalue weighted by Crippen LogP contribution is 2.41. The van der Waals surface area contributed by atoms with Crippen molar-refractivity contribution in [1.29, 1.82) is 0 Å². The van der Waals surface area contributed by atoms with Gasteiger partial charge in [-0.15, -0.1) is 0 Å². The molecule has 2 atom stereocenters. The van der Waals surface area contributed by atoms with E-state index in [1.54, 1.807) is 42.5 Å². The molecule has 0 aromatic heterocycles. The maximum Gasteiger partial charge on any atom is 0.339 e. The highest BCUT2D eigenvalue weighted by atomic mass is 16.6. The summed E-state index contributed by atoms with van der Waals surface area (Å²) in [5.74, 6) is -0.204. The molecule has 0 saturated carbocycles. The predicted molar refractivity (Wildman–Crippen MR) is 106 cm³/mol. The SMILES string of the molecule is [2H]C([2H])([2H])Oc1cccc(C2(OC(=O)c3ccccc3)CCNCC2CN(C)C)c1. The van der Waals surface area contributed by atoms with Gasteiger partial charge in [-0.3, -0.25) is 0 Å². The molecule has 1 aliphatic heterocycles. The van der Waals surface area contributed by atoms with Gasteiger partial charge in [-0.1, -0.05) is 30.3 Å². The summed E-state index contributed by atoms with van der Waals surface area (Å²) in [5, 5.41) is 3.39. The van der Waals surface area contributed by atoms with Crippen LogP contribution in [0, 0.1) is 5.92 Å². The van der Waals surface area contributed by atoms with E-state index in [-0.39, 0.29) is 11.7 Å². The monoisotopic (exact) mass is 371 g/mol. The molecule has 2 unspecified atom stereocenters. The largest absolute Gasteiger partial charge is 0.497 e. The van der Waals surface area contributed by atoms with Gasteiger partial charge >= 0.3 is 5.97 Å². The Labute approximate surface area is 165 Å². The number of ether oxygens (including phenoxy) is 2. The van der Waals surface area contributed by atoms with Crippen LogP contribution in [0.25, 0.3) is 0 Å². The number of methoxy groups -OCH3 is 1. The molecule has 2 aromatic rings. The number of hydrogen-bond acceptors (Lipinski definition) is 5. The summed E-state index contributed by atoms with van der Waals surface area (Å²) in [7, 11) is 1.41. The van der Waals surface area contributed by atoms with E-state index in [1.165, 1.54) is 0 Å². The first-order chi connectivity index (χ1) is 14.2. The van der Waals surface area contributed by atoms with Gasteiger partial charge in [0.2, 0.25) is 0 Å². The standard InChI is InChI=1S/C22H28N2O3/c1-24(2)16-19-15-23-13-12-22(19,18-10-7-11-20(14-18)26-3)27-21(25)17-8-5-4-6-9-17/h4-11,14,19,23H,12-13,15-16H2,1-3H3/i3D3.